The van der Waals surface area contributed by atoms with Crippen LogP contribution in [0.4, 0.5) is 0 Å². The van der Waals surface area contributed by atoms with E-state index in [4.69, 9.17) is 11.6 Å². The first-order valence-corrected chi connectivity index (χ1v) is 8.22. The zero-order chi connectivity index (χ0) is 17.6. The van der Waals surface area contributed by atoms with E-state index in [1.807, 2.05) is 26.8 Å². The Kier molecular flexibility index (Phi) is 4.00. The minimum Gasteiger partial charge on any atom is -0.321 e. The van der Waals surface area contributed by atoms with E-state index in [0.29, 0.717) is 22.7 Å². The number of likely N-dealkylation sites (tertiary alicyclic amines) is 1. The third-order valence-electron chi connectivity index (χ3n) is 4.85. The number of aryl methyl sites for hydroxylation is 1. The second kappa shape index (κ2) is 5.74. The number of amides is 2. The fraction of sp³-hybridized carbons (Fsp3) is 0.389. The van der Waals surface area contributed by atoms with E-state index in [1.54, 1.807) is 30.3 Å². The van der Waals surface area contributed by atoms with Gasteiger partial charge in [-0.1, -0.05) is 25.4 Å². The molecule has 0 radical (unpaired) electrons. The molecule has 1 fully saturated rings. The second-order valence-corrected chi connectivity index (χ2v) is 7.33. The molecule has 2 amide bonds. The molecule has 5 nitrogen and oxygen atoms in total. The van der Waals surface area contributed by atoms with Crippen molar-refractivity contribution in [3.63, 3.8) is 0 Å². The van der Waals surface area contributed by atoms with Crippen LogP contribution in [0.25, 0.3) is 0 Å². The maximum absolute atomic E-state index is 12.4. The van der Waals surface area contributed by atoms with Crippen molar-refractivity contribution in [2.75, 3.05) is 7.05 Å². The largest absolute Gasteiger partial charge is 0.321 e. The standard InChI is InChI=1S/C18H20ClN3O2/c1-10-7-11(5-6-20-10)16(23)21-14-9-15-12(8-13(14)19)18(2,3)17(24)22(15)4/h5-7,9,12H,8H2,1-4H3,(H,21,23). The topological polar surface area (TPSA) is 62.3 Å². The van der Waals surface area contributed by atoms with Gasteiger partial charge in [0, 0.05) is 41.1 Å². The van der Waals surface area contributed by atoms with Gasteiger partial charge < -0.3 is 10.2 Å². The van der Waals surface area contributed by atoms with Crippen molar-refractivity contribution in [1.82, 2.24) is 15.2 Å². The molecule has 0 bridgehead atoms. The zero-order valence-corrected chi connectivity index (χ0v) is 14.9. The molecule has 0 spiro atoms. The van der Waals surface area contributed by atoms with Gasteiger partial charge in [-0.15, -0.1) is 0 Å². The summed E-state index contributed by atoms with van der Waals surface area (Å²) in [6.07, 6.45) is 3.96. The summed E-state index contributed by atoms with van der Waals surface area (Å²) < 4.78 is 0. The predicted molar refractivity (Wildman–Crippen MR) is 92.1 cm³/mol. The van der Waals surface area contributed by atoms with Gasteiger partial charge in [0.05, 0.1) is 11.1 Å². The van der Waals surface area contributed by atoms with Crippen LogP contribution in [0.15, 0.2) is 40.8 Å². The van der Waals surface area contributed by atoms with Gasteiger partial charge in [0.15, 0.2) is 0 Å². The molecule has 1 atom stereocenters. The Balaban J connectivity index is 1.88. The summed E-state index contributed by atoms with van der Waals surface area (Å²) in [7, 11) is 1.76. The highest BCUT2D eigenvalue weighted by atomic mass is 35.5. The summed E-state index contributed by atoms with van der Waals surface area (Å²) >= 11 is 6.41. The van der Waals surface area contributed by atoms with Crippen LogP contribution >= 0.6 is 11.6 Å². The third kappa shape index (κ3) is 2.63. The highest BCUT2D eigenvalue weighted by molar-refractivity contribution is 6.30. The minimum atomic E-state index is -0.488. The van der Waals surface area contributed by atoms with Crippen molar-refractivity contribution in [3.05, 3.63) is 52.1 Å². The second-order valence-electron chi connectivity index (χ2n) is 6.87. The van der Waals surface area contributed by atoms with E-state index in [9.17, 15) is 9.59 Å². The van der Waals surface area contributed by atoms with E-state index in [0.717, 1.165) is 11.4 Å². The number of halogens is 1. The molecule has 0 saturated carbocycles. The third-order valence-corrected chi connectivity index (χ3v) is 5.20. The molecule has 2 heterocycles. The summed E-state index contributed by atoms with van der Waals surface area (Å²) in [5.74, 6) is -0.137. The Hall–Kier alpha value is -2.14. The van der Waals surface area contributed by atoms with Gasteiger partial charge in [0.1, 0.15) is 0 Å². The van der Waals surface area contributed by atoms with Gasteiger partial charge in [-0.05, 0) is 31.6 Å². The maximum Gasteiger partial charge on any atom is 0.255 e. The number of pyridine rings is 1. The number of carbonyl (C=O) groups is 2. The van der Waals surface area contributed by atoms with Gasteiger partial charge in [-0.3, -0.25) is 14.6 Å². The van der Waals surface area contributed by atoms with Crippen LogP contribution in [0.1, 0.15) is 36.3 Å². The lowest BCUT2D eigenvalue weighted by Crippen LogP contribution is -2.30. The fourth-order valence-corrected chi connectivity index (χ4v) is 3.62. The van der Waals surface area contributed by atoms with E-state index >= 15 is 0 Å². The zero-order valence-electron chi connectivity index (χ0n) is 14.2. The number of fused-ring (bicyclic) bond motifs is 1. The summed E-state index contributed by atoms with van der Waals surface area (Å²) in [5.41, 5.74) is 2.26. The number of carbonyl (C=O) groups excluding carboxylic acids is 2. The average Bonchev–Trinajstić information content (AvgIpc) is 2.69. The van der Waals surface area contributed by atoms with Crippen molar-refractivity contribution in [2.24, 2.45) is 11.3 Å². The predicted octanol–water partition coefficient (Wildman–Crippen LogP) is 2.97. The molecular formula is C18H20ClN3O2. The van der Waals surface area contributed by atoms with Crippen molar-refractivity contribution in [3.8, 4) is 0 Å². The van der Waals surface area contributed by atoms with Gasteiger partial charge in [0.25, 0.3) is 5.91 Å². The summed E-state index contributed by atoms with van der Waals surface area (Å²) in [6.45, 7) is 5.70. The summed E-state index contributed by atoms with van der Waals surface area (Å²) in [5, 5.41) is 3.42. The number of hydrogen-bond donors (Lipinski definition) is 1. The van der Waals surface area contributed by atoms with Crippen molar-refractivity contribution >= 4 is 23.4 Å². The number of nitrogens with one attached hydrogen (secondary N) is 1. The highest BCUT2D eigenvalue weighted by Crippen LogP contribution is 2.49. The van der Waals surface area contributed by atoms with E-state index in [1.165, 1.54) is 0 Å². The van der Waals surface area contributed by atoms with Gasteiger partial charge in [-0.2, -0.15) is 0 Å². The lowest BCUT2D eigenvalue weighted by atomic mass is 9.76. The van der Waals surface area contributed by atoms with Gasteiger partial charge in [-0.25, -0.2) is 0 Å². The molecule has 126 valence electrons. The number of rotatable bonds is 2. The lowest BCUT2D eigenvalue weighted by molar-refractivity contribution is -0.133. The van der Waals surface area contributed by atoms with Crippen LogP contribution < -0.4 is 5.32 Å². The fourth-order valence-electron chi connectivity index (χ4n) is 3.36. The molecule has 1 aliphatic heterocycles. The Morgan fingerprint density at radius 3 is 2.83 bits per heavy atom. The molecule has 24 heavy (non-hydrogen) atoms. The summed E-state index contributed by atoms with van der Waals surface area (Å²) in [6, 6.07) is 3.38. The SMILES string of the molecule is Cc1cc(C(=O)NC2=C(Cl)CC3C(=C2)N(C)C(=O)C3(C)C)ccn1. The molecule has 2 aliphatic rings. The number of hydrogen-bond acceptors (Lipinski definition) is 3. The van der Waals surface area contributed by atoms with Crippen LogP contribution in [0.3, 0.4) is 0 Å². The van der Waals surface area contributed by atoms with E-state index < -0.39 is 5.41 Å². The van der Waals surface area contributed by atoms with Crippen LogP contribution in [-0.2, 0) is 4.79 Å². The molecule has 1 N–H and O–H groups in total. The number of allylic oxidation sites excluding steroid dienone is 3. The highest BCUT2D eigenvalue weighted by Gasteiger charge is 2.50. The van der Waals surface area contributed by atoms with Gasteiger partial charge in [0.2, 0.25) is 5.91 Å². The van der Waals surface area contributed by atoms with Crippen LogP contribution in [0, 0.1) is 18.3 Å². The quantitative estimate of drug-likeness (QED) is 0.896. The smallest absolute Gasteiger partial charge is 0.255 e. The minimum absolute atomic E-state index is 0.0336. The van der Waals surface area contributed by atoms with Crippen molar-refractivity contribution in [1.29, 1.82) is 0 Å². The first-order valence-electron chi connectivity index (χ1n) is 7.84. The molecule has 1 aromatic heterocycles. The Morgan fingerprint density at radius 2 is 2.17 bits per heavy atom. The van der Waals surface area contributed by atoms with Crippen LogP contribution in [0.2, 0.25) is 0 Å². The number of aromatic nitrogens is 1. The lowest BCUT2D eigenvalue weighted by Gasteiger charge is -2.27. The monoisotopic (exact) mass is 345 g/mol. The average molecular weight is 346 g/mol. The molecule has 3 rings (SSSR count). The molecule has 6 heteroatoms. The van der Waals surface area contributed by atoms with Crippen LogP contribution in [0.5, 0.6) is 0 Å². The van der Waals surface area contributed by atoms with E-state index in [2.05, 4.69) is 10.3 Å². The Morgan fingerprint density at radius 1 is 1.46 bits per heavy atom. The summed E-state index contributed by atoms with van der Waals surface area (Å²) in [4.78, 5) is 30.6. The molecule has 1 saturated heterocycles. The van der Waals surface area contributed by atoms with Gasteiger partial charge >= 0.3 is 0 Å². The maximum atomic E-state index is 12.4. The molecular weight excluding hydrogens is 326 g/mol. The van der Waals surface area contributed by atoms with E-state index in [-0.39, 0.29) is 17.7 Å². The van der Waals surface area contributed by atoms with Crippen molar-refractivity contribution < 1.29 is 9.59 Å². The Bertz CT molecular complexity index is 795. The molecule has 1 aromatic rings. The Labute approximate surface area is 146 Å². The number of nitrogens with zero attached hydrogens (tertiary/aromatic N) is 2. The van der Waals surface area contributed by atoms with Crippen molar-refractivity contribution in [2.45, 2.75) is 27.2 Å². The first kappa shape index (κ1) is 16.7. The molecule has 1 unspecified atom stereocenters. The molecule has 0 aromatic carbocycles. The molecule has 1 aliphatic carbocycles. The first-order chi connectivity index (χ1) is 11.2. The van der Waals surface area contributed by atoms with Crippen LogP contribution in [-0.4, -0.2) is 28.7 Å². The normalized spacial score (nSPS) is 22.4.